The normalized spacial score (nSPS) is 10.5. The number of halogens is 1. The number of nitrogens with zero attached hydrogens (tertiary/aromatic N) is 3. The van der Waals surface area contributed by atoms with Gasteiger partial charge in [0.05, 0.1) is 21.3 Å². The van der Waals surface area contributed by atoms with Crippen molar-refractivity contribution in [3.8, 4) is 0 Å². The maximum Gasteiger partial charge on any atom is 0.301 e. The first kappa shape index (κ1) is 17.2. The predicted octanol–water partition coefficient (Wildman–Crippen LogP) is 3.96. The minimum absolute atomic E-state index is 0.0456. The monoisotopic (exact) mass is 372 g/mol. The number of pyridine rings is 1. The summed E-state index contributed by atoms with van der Waals surface area (Å²) in [6.07, 6.45) is 1.33. The maximum atomic E-state index is 12.4. The summed E-state index contributed by atoms with van der Waals surface area (Å²) in [5.74, 6) is -0.634. The molecule has 3 aromatic rings. The second kappa shape index (κ2) is 6.73. The molecular weight excluding hydrogens is 364 g/mol. The Morgan fingerprint density at radius 1 is 1.04 bits per heavy atom. The third-order valence-electron chi connectivity index (χ3n) is 3.59. The zero-order valence-corrected chi connectivity index (χ0v) is 13.6. The smallest absolute Gasteiger partial charge is 0.301 e. The lowest BCUT2D eigenvalue weighted by atomic mass is 10.1. The van der Waals surface area contributed by atoms with Crippen LogP contribution < -0.4 is 5.32 Å². The number of carbonyl (C=O) groups is 1. The first-order chi connectivity index (χ1) is 12.4. The third-order valence-corrected chi connectivity index (χ3v) is 3.84. The Kier molecular flexibility index (Phi) is 4.46. The highest BCUT2D eigenvalue weighted by molar-refractivity contribution is 6.30. The van der Waals surface area contributed by atoms with Gasteiger partial charge in [-0.3, -0.25) is 30.0 Å². The molecule has 0 saturated carbocycles. The first-order valence-corrected chi connectivity index (χ1v) is 7.53. The minimum atomic E-state index is -0.807. The fraction of sp³-hybridized carbons (Fsp3) is 0. The minimum Gasteiger partial charge on any atom is -0.314 e. The number of carbonyl (C=O) groups excluding carboxylic acids is 1. The second-order valence-corrected chi connectivity index (χ2v) is 5.60. The van der Waals surface area contributed by atoms with Crippen molar-refractivity contribution in [2.75, 3.05) is 5.32 Å². The number of hydrogen-bond acceptors (Lipinski definition) is 6. The highest BCUT2D eigenvalue weighted by atomic mass is 35.5. The summed E-state index contributed by atoms with van der Waals surface area (Å²) in [4.78, 5) is 37.5. The van der Waals surface area contributed by atoms with E-state index in [1.165, 1.54) is 42.6 Å². The van der Waals surface area contributed by atoms with Gasteiger partial charge in [-0.05, 0) is 36.4 Å². The topological polar surface area (TPSA) is 128 Å². The molecule has 1 N–H and O–H groups in total. The zero-order chi connectivity index (χ0) is 18.8. The molecule has 10 heteroatoms. The van der Waals surface area contributed by atoms with E-state index in [4.69, 9.17) is 11.6 Å². The van der Waals surface area contributed by atoms with Crippen LogP contribution in [0.3, 0.4) is 0 Å². The molecule has 0 aliphatic rings. The average molecular weight is 373 g/mol. The molecule has 0 atom stereocenters. The number of anilines is 1. The summed E-state index contributed by atoms with van der Waals surface area (Å²) in [6, 6.07) is 9.57. The largest absolute Gasteiger partial charge is 0.314 e. The molecule has 0 spiro atoms. The molecule has 1 amide bonds. The number of fused-ring (bicyclic) bond motifs is 1. The van der Waals surface area contributed by atoms with Crippen molar-refractivity contribution in [3.05, 3.63) is 79.5 Å². The summed E-state index contributed by atoms with van der Waals surface area (Å²) in [5.41, 5.74) is -1.13. The lowest BCUT2D eigenvalue weighted by Gasteiger charge is -2.09. The third kappa shape index (κ3) is 3.15. The van der Waals surface area contributed by atoms with Gasteiger partial charge in [-0.25, -0.2) is 0 Å². The molecule has 1 aromatic heterocycles. The van der Waals surface area contributed by atoms with Crippen LogP contribution in [0.5, 0.6) is 0 Å². The molecule has 2 aromatic carbocycles. The van der Waals surface area contributed by atoms with Crippen molar-refractivity contribution in [3.63, 3.8) is 0 Å². The quantitative estimate of drug-likeness (QED) is 0.545. The van der Waals surface area contributed by atoms with E-state index in [9.17, 15) is 25.0 Å². The van der Waals surface area contributed by atoms with Crippen LogP contribution in [0.25, 0.3) is 10.9 Å². The molecule has 3 rings (SSSR count). The number of nitro groups is 2. The van der Waals surface area contributed by atoms with E-state index in [-0.39, 0.29) is 22.2 Å². The molecule has 1 heterocycles. The Labute approximate surface area is 150 Å². The van der Waals surface area contributed by atoms with Crippen molar-refractivity contribution in [1.29, 1.82) is 0 Å². The number of amides is 1. The number of non-ortho nitro benzene ring substituents is 1. The summed E-state index contributed by atoms with van der Waals surface area (Å²) in [7, 11) is 0. The lowest BCUT2D eigenvalue weighted by molar-refractivity contribution is -0.392. The number of hydrogen-bond donors (Lipinski definition) is 1. The molecule has 0 aliphatic heterocycles. The van der Waals surface area contributed by atoms with Gasteiger partial charge in [-0.15, -0.1) is 0 Å². The fourth-order valence-corrected chi connectivity index (χ4v) is 2.54. The Bertz CT molecular complexity index is 1050. The molecule has 0 unspecified atom stereocenters. The van der Waals surface area contributed by atoms with Crippen molar-refractivity contribution in [1.82, 2.24) is 4.98 Å². The predicted molar refractivity (Wildman–Crippen MR) is 94.5 cm³/mol. The molecule has 130 valence electrons. The zero-order valence-electron chi connectivity index (χ0n) is 12.9. The first-order valence-electron chi connectivity index (χ1n) is 7.16. The Morgan fingerprint density at radius 2 is 1.69 bits per heavy atom. The number of benzene rings is 2. The average Bonchev–Trinajstić information content (AvgIpc) is 2.61. The van der Waals surface area contributed by atoms with E-state index < -0.39 is 27.1 Å². The van der Waals surface area contributed by atoms with E-state index in [1.54, 1.807) is 0 Å². The molecule has 0 saturated heterocycles. The highest BCUT2D eigenvalue weighted by Crippen LogP contribution is 2.38. The molecule has 9 nitrogen and oxygen atoms in total. The molecule has 0 radical (unpaired) electrons. The summed E-state index contributed by atoms with van der Waals surface area (Å²) >= 11 is 5.77. The SMILES string of the molecule is O=C(Nc1c([N+](=O)[O-])cc([N+](=O)[O-])c2cccnc12)c1ccc(Cl)cc1. The molecule has 0 bridgehead atoms. The van der Waals surface area contributed by atoms with Gasteiger partial charge < -0.3 is 5.32 Å². The van der Waals surface area contributed by atoms with Crippen LogP contribution in [-0.4, -0.2) is 20.7 Å². The van der Waals surface area contributed by atoms with Gasteiger partial charge in [0, 0.05) is 16.8 Å². The van der Waals surface area contributed by atoms with Crippen molar-refractivity contribution in [2.45, 2.75) is 0 Å². The van der Waals surface area contributed by atoms with E-state index in [2.05, 4.69) is 10.3 Å². The van der Waals surface area contributed by atoms with E-state index in [1.807, 2.05) is 0 Å². The number of rotatable bonds is 4. The molecule has 26 heavy (non-hydrogen) atoms. The fourth-order valence-electron chi connectivity index (χ4n) is 2.42. The Morgan fingerprint density at radius 3 is 2.31 bits per heavy atom. The van der Waals surface area contributed by atoms with E-state index in [0.29, 0.717) is 5.02 Å². The molecule has 0 fully saturated rings. The highest BCUT2D eigenvalue weighted by Gasteiger charge is 2.27. The number of aromatic nitrogens is 1. The van der Waals surface area contributed by atoms with Crippen LogP contribution in [0, 0.1) is 20.2 Å². The van der Waals surface area contributed by atoms with Gasteiger partial charge in [-0.1, -0.05) is 11.6 Å². The van der Waals surface area contributed by atoms with Gasteiger partial charge in [0.25, 0.3) is 11.6 Å². The van der Waals surface area contributed by atoms with E-state index in [0.717, 1.165) is 6.07 Å². The maximum absolute atomic E-state index is 12.4. The van der Waals surface area contributed by atoms with Crippen LogP contribution in [0.15, 0.2) is 48.7 Å². The lowest BCUT2D eigenvalue weighted by Crippen LogP contribution is -2.14. The van der Waals surface area contributed by atoms with Gasteiger partial charge in [0.1, 0.15) is 11.2 Å². The second-order valence-electron chi connectivity index (χ2n) is 5.16. The number of nitrogens with one attached hydrogen (secondary N) is 1. The van der Waals surface area contributed by atoms with Crippen LogP contribution in [0.2, 0.25) is 5.02 Å². The van der Waals surface area contributed by atoms with Crippen LogP contribution in [-0.2, 0) is 0 Å². The van der Waals surface area contributed by atoms with Crippen LogP contribution in [0.1, 0.15) is 10.4 Å². The van der Waals surface area contributed by atoms with Gasteiger partial charge in [-0.2, -0.15) is 0 Å². The van der Waals surface area contributed by atoms with Crippen molar-refractivity contribution in [2.24, 2.45) is 0 Å². The number of nitro benzene ring substituents is 2. The molecule has 0 aliphatic carbocycles. The van der Waals surface area contributed by atoms with Gasteiger partial charge in [0.15, 0.2) is 0 Å². The van der Waals surface area contributed by atoms with E-state index >= 15 is 0 Å². The van der Waals surface area contributed by atoms with Crippen molar-refractivity contribution < 1.29 is 14.6 Å². The summed E-state index contributed by atoms with van der Waals surface area (Å²) in [6.45, 7) is 0. The Balaban J connectivity index is 2.18. The Hall–Kier alpha value is -3.59. The van der Waals surface area contributed by atoms with Gasteiger partial charge in [0.2, 0.25) is 0 Å². The summed E-state index contributed by atoms with van der Waals surface area (Å²) < 4.78 is 0. The molecular formula is C16H9ClN4O5. The van der Waals surface area contributed by atoms with Gasteiger partial charge >= 0.3 is 5.69 Å². The van der Waals surface area contributed by atoms with Crippen molar-refractivity contribution >= 4 is 45.5 Å². The summed E-state index contributed by atoms with van der Waals surface area (Å²) in [5, 5.41) is 25.6. The standard InChI is InChI=1S/C16H9ClN4O5/c17-10-5-3-9(4-6-10)16(22)19-15-13(21(25)26)8-12(20(23)24)11-2-1-7-18-14(11)15/h1-8H,(H,19,22). The van der Waals surface area contributed by atoms with Crippen LogP contribution in [0.4, 0.5) is 17.1 Å². The van der Waals surface area contributed by atoms with Crippen LogP contribution >= 0.6 is 11.6 Å².